The number of nitrogens with two attached hydrogens (primary N) is 1. The highest BCUT2D eigenvalue weighted by Gasteiger charge is 2.43. The summed E-state index contributed by atoms with van der Waals surface area (Å²) in [5, 5.41) is 25.6. The van der Waals surface area contributed by atoms with Crippen LogP contribution in [0.1, 0.15) is 75.6 Å². The van der Waals surface area contributed by atoms with Gasteiger partial charge in [-0.05, 0) is 72.9 Å². The molecule has 48 heavy (non-hydrogen) atoms. The second kappa shape index (κ2) is 16.0. The molecule has 1 aliphatic heterocycles. The van der Waals surface area contributed by atoms with E-state index in [2.05, 4.69) is 33.4 Å². The molecule has 1 atom stereocenters. The number of piperazine rings is 1. The minimum Gasteiger partial charge on any atom is -0.444 e. The SMILES string of the molecule is CCN(CCCNCCOC)c1cc(N2CCN(C(=O)OC(C)(C)C)CC2)cc(C(=N)NC(=O)[C@@]2(C)CCCc3sc(N)c(C#N)c32)n1. The van der Waals surface area contributed by atoms with Crippen molar-refractivity contribution in [1.82, 2.24) is 20.5 Å². The Morgan fingerprint density at radius 3 is 2.60 bits per heavy atom. The number of carbonyl (C=O) groups is 2. The fourth-order valence-corrected chi connectivity index (χ4v) is 7.41. The maximum absolute atomic E-state index is 13.9. The van der Waals surface area contributed by atoms with Crippen LogP contribution in [-0.4, -0.2) is 99.4 Å². The summed E-state index contributed by atoms with van der Waals surface area (Å²) in [7, 11) is 1.68. The fraction of sp³-hybridized carbons (Fsp3) is 0.618. The standard InChI is InChI=1S/C34H51N9O4S/c1-7-41(14-9-12-38-13-19-46-6)27-21-23(42-15-17-43(18-16-42)32(45)47-33(2,3)4)20-25(39-27)29(36)40-31(44)34(5)11-8-10-26-28(34)24(22-35)30(37)48-26/h20-21,38H,7-19,37H2,1-6H3,(H2,36,40,44)/t34-/m0/s1. The number of pyridine rings is 1. The number of aryl methyl sites for hydroxylation is 1. The molecule has 2 aromatic rings. The molecule has 0 aromatic carbocycles. The number of anilines is 3. The Morgan fingerprint density at radius 2 is 1.96 bits per heavy atom. The third-order valence-corrected chi connectivity index (χ3v) is 9.89. The topological polar surface area (TPSA) is 173 Å². The highest BCUT2D eigenvalue weighted by Crippen LogP contribution is 2.45. The van der Waals surface area contributed by atoms with Gasteiger partial charge in [0.05, 0.1) is 17.6 Å². The molecule has 0 bridgehead atoms. The van der Waals surface area contributed by atoms with Crippen LogP contribution in [0.15, 0.2) is 12.1 Å². The Hall–Kier alpha value is -3.93. The van der Waals surface area contributed by atoms with Crippen molar-refractivity contribution >= 4 is 45.7 Å². The van der Waals surface area contributed by atoms with Gasteiger partial charge < -0.3 is 40.5 Å². The van der Waals surface area contributed by atoms with Crippen LogP contribution in [0.5, 0.6) is 0 Å². The second-order valence-corrected chi connectivity index (χ2v) is 14.6. The summed E-state index contributed by atoms with van der Waals surface area (Å²) in [4.78, 5) is 38.5. The van der Waals surface area contributed by atoms with Gasteiger partial charge in [0.15, 0.2) is 5.84 Å². The molecule has 1 saturated heterocycles. The number of ether oxygens (including phenoxy) is 2. The fourth-order valence-electron chi connectivity index (χ4n) is 6.22. The van der Waals surface area contributed by atoms with E-state index in [0.717, 1.165) is 49.5 Å². The van der Waals surface area contributed by atoms with Crippen molar-refractivity contribution in [3.05, 3.63) is 33.8 Å². The molecule has 262 valence electrons. The Kier molecular flexibility index (Phi) is 12.3. The minimum absolute atomic E-state index is 0.108. The first-order chi connectivity index (χ1) is 22.8. The maximum Gasteiger partial charge on any atom is 0.410 e. The number of nitriles is 1. The molecule has 0 saturated carbocycles. The quantitative estimate of drug-likeness (QED) is 0.147. The lowest BCUT2D eigenvalue weighted by Crippen LogP contribution is -2.50. The Balaban J connectivity index is 1.58. The molecule has 4 rings (SSSR count). The van der Waals surface area contributed by atoms with Crippen molar-refractivity contribution in [3.8, 4) is 6.07 Å². The second-order valence-electron chi connectivity index (χ2n) is 13.5. The first-order valence-corrected chi connectivity index (χ1v) is 17.5. The molecule has 2 aliphatic rings. The number of hydrogen-bond acceptors (Lipinski definition) is 12. The number of methoxy groups -OCH3 is 1. The number of aromatic nitrogens is 1. The van der Waals surface area contributed by atoms with Gasteiger partial charge in [0.25, 0.3) is 0 Å². The van der Waals surface area contributed by atoms with Crippen LogP contribution < -0.4 is 26.2 Å². The van der Waals surface area contributed by atoms with Gasteiger partial charge in [0.1, 0.15) is 28.2 Å². The normalized spacial score (nSPS) is 17.8. The number of nitrogens with one attached hydrogen (secondary N) is 3. The molecule has 5 N–H and O–H groups in total. The van der Waals surface area contributed by atoms with E-state index in [-0.39, 0.29) is 17.8 Å². The zero-order valence-corrected chi connectivity index (χ0v) is 30.0. The smallest absolute Gasteiger partial charge is 0.410 e. The number of amides is 2. The van der Waals surface area contributed by atoms with Crippen molar-refractivity contribution in [2.45, 2.75) is 71.3 Å². The molecular weight excluding hydrogens is 631 g/mol. The molecular formula is C34H51N9O4S. The molecule has 1 fully saturated rings. The third-order valence-electron chi connectivity index (χ3n) is 8.81. The number of thiophene rings is 1. The lowest BCUT2D eigenvalue weighted by Gasteiger charge is -2.37. The van der Waals surface area contributed by atoms with Crippen LogP contribution in [-0.2, 0) is 26.1 Å². The summed E-state index contributed by atoms with van der Waals surface area (Å²) in [5.74, 6) is 0.249. The number of nitrogens with zero attached hydrogens (tertiary/aromatic N) is 5. The average molecular weight is 682 g/mol. The van der Waals surface area contributed by atoms with Crippen LogP contribution in [0.2, 0.25) is 0 Å². The van der Waals surface area contributed by atoms with Gasteiger partial charge in [-0.15, -0.1) is 11.3 Å². The predicted molar refractivity (Wildman–Crippen MR) is 190 cm³/mol. The van der Waals surface area contributed by atoms with Crippen LogP contribution >= 0.6 is 11.3 Å². The van der Waals surface area contributed by atoms with Gasteiger partial charge in [-0.25, -0.2) is 9.78 Å². The zero-order valence-electron chi connectivity index (χ0n) is 29.2. The van der Waals surface area contributed by atoms with Crippen molar-refractivity contribution < 1.29 is 19.1 Å². The Bertz CT molecular complexity index is 1510. The van der Waals surface area contributed by atoms with Crippen LogP contribution in [0, 0.1) is 16.7 Å². The lowest BCUT2D eigenvalue weighted by molar-refractivity contribution is -0.125. The largest absolute Gasteiger partial charge is 0.444 e. The summed E-state index contributed by atoms with van der Waals surface area (Å²) in [6.45, 7) is 15.3. The molecule has 2 aromatic heterocycles. The van der Waals surface area contributed by atoms with E-state index in [1.165, 1.54) is 11.3 Å². The van der Waals surface area contributed by atoms with Gasteiger partial charge in [0.2, 0.25) is 5.91 Å². The van der Waals surface area contributed by atoms with Gasteiger partial charge in [0, 0.05) is 75.1 Å². The number of rotatable bonds is 12. The van der Waals surface area contributed by atoms with E-state index in [4.69, 9.17) is 25.6 Å². The summed E-state index contributed by atoms with van der Waals surface area (Å²) < 4.78 is 10.7. The molecule has 0 radical (unpaired) electrons. The number of carbonyl (C=O) groups excluding carboxylic acids is 2. The van der Waals surface area contributed by atoms with E-state index in [9.17, 15) is 14.9 Å². The van der Waals surface area contributed by atoms with E-state index in [0.29, 0.717) is 73.4 Å². The molecule has 0 unspecified atom stereocenters. The first kappa shape index (κ1) is 36.9. The van der Waals surface area contributed by atoms with E-state index in [1.807, 2.05) is 39.8 Å². The molecule has 13 nitrogen and oxygen atoms in total. The number of amidine groups is 1. The highest BCUT2D eigenvalue weighted by molar-refractivity contribution is 7.16. The van der Waals surface area contributed by atoms with Crippen LogP contribution in [0.4, 0.5) is 21.3 Å². The maximum atomic E-state index is 13.9. The predicted octanol–water partition coefficient (Wildman–Crippen LogP) is 3.84. The van der Waals surface area contributed by atoms with Crippen LogP contribution in [0.25, 0.3) is 0 Å². The summed E-state index contributed by atoms with van der Waals surface area (Å²) >= 11 is 1.37. The molecule has 2 amide bonds. The summed E-state index contributed by atoms with van der Waals surface area (Å²) in [6.07, 6.45) is 2.66. The first-order valence-electron chi connectivity index (χ1n) is 16.7. The highest BCUT2D eigenvalue weighted by atomic mass is 32.1. The molecule has 14 heteroatoms. The van der Waals surface area contributed by atoms with Crippen molar-refractivity contribution in [1.29, 1.82) is 10.7 Å². The summed E-state index contributed by atoms with van der Waals surface area (Å²) in [5.41, 5.74) is 6.85. The lowest BCUT2D eigenvalue weighted by atomic mass is 9.72. The molecule has 1 aliphatic carbocycles. The van der Waals surface area contributed by atoms with Crippen molar-refractivity contribution in [2.75, 3.05) is 81.6 Å². The van der Waals surface area contributed by atoms with Crippen molar-refractivity contribution in [2.24, 2.45) is 0 Å². The number of hydrogen-bond donors (Lipinski definition) is 4. The third kappa shape index (κ3) is 8.75. The minimum atomic E-state index is -0.997. The number of fused-ring (bicyclic) bond motifs is 1. The van der Waals surface area contributed by atoms with E-state index < -0.39 is 11.0 Å². The average Bonchev–Trinajstić information content (AvgIpc) is 3.39. The Labute approximate surface area is 288 Å². The van der Waals surface area contributed by atoms with E-state index >= 15 is 0 Å². The van der Waals surface area contributed by atoms with Gasteiger partial charge >= 0.3 is 6.09 Å². The van der Waals surface area contributed by atoms with Gasteiger partial charge in [-0.1, -0.05) is 0 Å². The molecule has 3 heterocycles. The van der Waals surface area contributed by atoms with Gasteiger partial charge in [-0.2, -0.15) is 5.26 Å². The zero-order chi connectivity index (χ0) is 35.1. The van der Waals surface area contributed by atoms with Crippen molar-refractivity contribution in [3.63, 3.8) is 0 Å². The molecule has 0 spiro atoms. The van der Waals surface area contributed by atoms with E-state index in [1.54, 1.807) is 12.0 Å². The Morgan fingerprint density at radius 1 is 1.23 bits per heavy atom. The summed E-state index contributed by atoms with van der Waals surface area (Å²) in [6, 6.07) is 6.05. The van der Waals surface area contributed by atoms with Crippen LogP contribution in [0.3, 0.4) is 0 Å². The monoisotopic (exact) mass is 681 g/mol. The number of nitrogen functional groups attached to an aromatic ring is 1. The van der Waals surface area contributed by atoms with Gasteiger partial charge in [-0.3, -0.25) is 10.2 Å².